The highest BCUT2D eigenvalue weighted by atomic mass is 19.4. The predicted molar refractivity (Wildman–Crippen MR) is 81.1 cm³/mol. The highest BCUT2D eigenvalue weighted by Gasteiger charge is 2.30. The molecular weight excluding hydrogens is 323 g/mol. The quantitative estimate of drug-likeness (QED) is 0.727. The Kier molecular flexibility index (Phi) is 4.39. The number of nitrogens with zero attached hydrogens (tertiary/aromatic N) is 3. The smallest absolute Gasteiger partial charge is 0.416 e. The topological polar surface area (TPSA) is 60.2 Å². The Hall–Kier alpha value is -2.61. The summed E-state index contributed by atoms with van der Waals surface area (Å²) in [6, 6.07) is 8.28. The molecule has 24 heavy (non-hydrogen) atoms. The summed E-state index contributed by atoms with van der Waals surface area (Å²) in [6.07, 6.45) is -2.48. The number of ether oxygens (including phenoxy) is 1. The number of rotatable bonds is 5. The van der Waals surface area contributed by atoms with Gasteiger partial charge in [-0.1, -0.05) is 6.07 Å². The van der Waals surface area contributed by atoms with Gasteiger partial charge < -0.3 is 9.84 Å². The van der Waals surface area contributed by atoms with E-state index >= 15 is 0 Å². The van der Waals surface area contributed by atoms with Gasteiger partial charge in [0.2, 0.25) is 5.88 Å². The van der Waals surface area contributed by atoms with Crippen molar-refractivity contribution >= 4 is 11.0 Å². The third kappa shape index (κ3) is 3.18. The van der Waals surface area contributed by atoms with Gasteiger partial charge in [-0.25, -0.2) is 9.67 Å². The van der Waals surface area contributed by atoms with E-state index in [0.717, 1.165) is 12.1 Å². The van der Waals surface area contributed by atoms with Crippen LogP contribution in [0, 0.1) is 0 Å². The standard InChI is InChI=1S/C16H14F3N3O2/c17-16(18,19)11-4-1-5-12(10-11)22-14-13(6-2-7-20-14)15(21-22)24-9-3-8-23/h1-2,4-7,10,23H,3,8-9H2. The van der Waals surface area contributed by atoms with Crippen LogP contribution in [0.5, 0.6) is 5.88 Å². The highest BCUT2D eigenvalue weighted by molar-refractivity contribution is 5.82. The lowest BCUT2D eigenvalue weighted by molar-refractivity contribution is -0.137. The summed E-state index contributed by atoms with van der Waals surface area (Å²) in [4.78, 5) is 4.19. The molecule has 0 aliphatic rings. The van der Waals surface area contributed by atoms with E-state index < -0.39 is 11.7 Å². The molecule has 0 amide bonds. The molecule has 3 rings (SSSR count). The first kappa shape index (κ1) is 16.3. The van der Waals surface area contributed by atoms with Crippen LogP contribution >= 0.6 is 0 Å². The Morgan fingerprint density at radius 1 is 1.17 bits per heavy atom. The molecule has 0 unspecified atom stereocenters. The van der Waals surface area contributed by atoms with Gasteiger partial charge in [0.1, 0.15) is 0 Å². The van der Waals surface area contributed by atoms with Gasteiger partial charge in [-0.3, -0.25) is 0 Å². The molecule has 2 heterocycles. The minimum absolute atomic E-state index is 0.0233. The number of aromatic nitrogens is 3. The summed E-state index contributed by atoms with van der Waals surface area (Å²) in [6.45, 7) is 0.227. The van der Waals surface area contributed by atoms with Crippen LogP contribution in [0.1, 0.15) is 12.0 Å². The van der Waals surface area contributed by atoms with Gasteiger partial charge in [0.05, 0.1) is 23.2 Å². The van der Waals surface area contributed by atoms with Crippen molar-refractivity contribution in [2.75, 3.05) is 13.2 Å². The zero-order valence-electron chi connectivity index (χ0n) is 12.5. The molecule has 126 valence electrons. The van der Waals surface area contributed by atoms with Gasteiger partial charge in [-0.05, 0) is 30.3 Å². The molecular formula is C16H14F3N3O2. The van der Waals surface area contributed by atoms with Crippen LogP contribution in [0.2, 0.25) is 0 Å². The van der Waals surface area contributed by atoms with Gasteiger partial charge in [-0.15, -0.1) is 5.10 Å². The SMILES string of the molecule is OCCCOc1nn(-c2cccc(C(F)(F)F)c2)c2ncccc12. The summed E-state index contributed by atoms with van der Waals surface area (Å²) in [5.74, 6) is 0.268. The maximum Gasteiger partial charge on any atom is 0.416 e. The molecule has 0 atom stereocenters. The number of alkyl halides is 3. The minimum Gasteiger partial charge on any atom is -0.476 e. The zero-order valence-corrected chi connectivity index (χ0v) is 12.5. The second-order valence-electron chi connectivity index (χ2n) is 5.07. The largest absolute Gasteiger partial charge is 0.476 e. The van der Waals surface area contributed by atoms with Crippen molar-refractivity contribution in [1.29, 1.82) is 0 Å². The number of pyridine rings is 1. The maximum atomic E-state index is 12.9. The van der Waals surface area contributed by atoms with Crippen molar-refractivity contribution < 1.29 is 23.0 Å². The first-order valence-electron chi connectivity index (χ1n) is 7.26. The molecule has 8 heteroatoms. The van der Waals surface area contributed by atoms with Crippen molar-refractivity contribution in [3.8, 4) is 11.6 Å². The molecule has 0 aliphatic carbocycles. The molecule has 3 aromatic rings. The molecule has 0 aliphatic heterocycles. The predicted octanol–water partition coefficient (Wildman–Crippen LogP) is 3.20. The molecule has 0 radical (unpaired) electrons. The Bertz CT molecular complexity index is 846. The average molecular weight is 337 g/mol. The first-order chi connectivity index (χ1) is 11.5. The second kappa shape index (κ2) is 6.48. The van der Waals surface area contributed by atoms with Gasteiger partial charge in [-0.2, -0.15) is 13.2 Å². The fourth-order valence-electron chi connectivity index (χ4n) is 2.26. The molecule has 5 nitrogen and oxygen atoms in total. The van der Waals surface area contributed by atoms with Crippen LogP contribution in [0.15, 0.2) is 42.6 Å². The third-order valence-corrected chi connectivity index (χ3v) is 3.37. The lowest BCUT2D eigenvalue weighted by Crippen LogP contribution is -2.07. The van der Waals surface area contributed by atoms with Crippen LogP contribution in [-0.2, 0) is 6.18 Å². The molecule has 0 saturated carbocycles. The van der Waals surface area contributed by atoms with E-state index in [4.69, 9.17) is 9.84 Å². The summed E-state index contributed by atoms with van der Waals surface area (Å²) < 4.78 is 45.6. The molecule has 0 fully saturated rings. The van der Waals surface area contributed by atoms with E-state index in [-0.39, 0.29) is 24.8 Å². The Labute approximate surface area is 135 Å². The maximum absolute atomic E-state index is 12.9. The van der Waals surface area contributed by atoms with Crippen molar-refractivity contribution in [2.45, 2.75) is 12.6 Å². The number of hydrogen-bond donors (Lipinski definition) is 1. The van der Waals surface area contributed by atoms with Gasteiger partial charge in [0.25, 0.3) is 0 Å². The van der Waals surface area contributed by atoms with Crippen LogP contribution < -0.4 is 4.74 Å². The third-order valence-electron chi connectivity index (χ3n) is 3.37. The van der Waals surface area contributed by atoms with Crippen molar-refractivity contribution in [3.63, 3.8) is 0 Å². The molecule has 0 saturated heterocycles. The summed E-state index contributed by atoms with van der Waals surface area (Å²) in [5.41, 5.74) is -0.122. The van der Waals surface area contributed by atoms with E-state index in [9.17, 15) is 13.2 Å². The van der Waals surface area contributed by atoms with Gasteiger partial charge in [0.15, 0.2) is 5.65 Å². The van der Waals surface area contributed by atoms with E-state index in [2.05, 4.69) is 10.1 Å². The highest BCUT2D eigenvalue weighted by Crippen LogP contribution is 2.32. The van der Waals surface area contributed by atoms with Crippen LogP contribution in [0.25, 0.3) is 16.7 Å². The lowest BCUT2D eigenvalue weighted by atomic mass is 10.2. The number of benzene rings is 1. The summed E-state index contributed by atoms with van der Waals surface area (Å²) >= 11 is 0. The molecule has 1 N–H and O–H groups in total. The van der Waals surface area contributed by atoms with Crippen molar-refractivity contribution in [2.24, 2.45) is 0 Å². The Morgan fingerprint density at radius 3 is 2.75 bits per heavy atom. The summed E-state index contributed by atoms with van der Waals surface area (Å²) in [5, 5.41) is 13.7. The van der Waals surface area contributed by atoms with Crippen LogP contribution in [0.3, 0.4) is 0 Å². The Balaban J connectivity index is 2.06. The van der Waals surface area contributed by atoms with E-state index in [0.29, 0.717) is 17.5 Å². The minimum atomic E-state index is -4.44. The average Bonchev–Trinajstić information content (AvgIpc) is 2.94. The van der Waals surface area contributed by atoms with E-state index in [1.54, 1.807) is 12.1 Å². The van der Waals surface area contributed by atoms with Crippen LogP contribution in [0.4, 0.5) is 13.2 Å². The normalized spacial score (nSPS) is 11.8. The second-order valence-corrected chi connectivity index (χ2v) is 5.07. The molecule has 1 aromatic carbocycles. The summed E-state index contributed by atoms with van der Waals surface area (Å²) in [7, 11) is 0. The fourth-order valence-corrected chi connectivity index (χ4v) is 2.26. The number of hydrogen-bond acceptors (Lipinski definition) is 4. The van der Waals surface area contributed by atoms with Gasteiger partial charge in [0, 0.05) is 19.2 Å². The Morgan fingerprint density at radius 2 is 2.00 bits per heavy atom. The van der Waals surface area contributed by atoms with Crippen molar-refractivity contribution in [3.05, 3.63) is 48.2 Å². The number of halogens is 3. The molecule has 0 bridgehead atoms. The zero-order chi connectivity index (χ0) is 17.2. The lowest BCUT2D eigenvalue weighted by Gasteiger charge is -2.09. The number of aliphatic hydroxyl groups excluding tert-OH is 1. The molecule has 2 aromatic heterocycles. The number of fused-ring (bicyclic) bond motifs is 1. The first-order valence-corrected chi connectivity index (χ1v) is 7.26. The van der Waals surface area contributed by atoms with Crippen LogP contribution in [-0.4, -0.2) is 33.1 Å². The monoisotopic (exact) mass is 337 g/mol. The molecule has 0 spiro atoms. The van der Waals surface area contributed by atoms with E-state index in [1.807, 2.05) is 0 Å². The number of aliphatic hydroxyl groups is 1. The van der Waals surface area contributed by atoms with E-state index in [1.165, 1.54) is 23.0 Å². The van der Waals surface area contributed by atoms with Gasteiger partial charge >= 0.3 is 6.18 Å². The van der Waals surface area contributed by atoms with Crippen molar-refractivity contribution in [1.82, 2.24) is 14.8 Å². The fraction of sp³-hybridized carbons (Fsp3) is 0.250.